The average Bonchev–Trinajstić information content (AvgIpc) is 3.13. The van der Waals surface area contributed by atoms with Gasteiger partial charge in [-0.2, -0.15) is 0 Å². The van der Waals surface area contributed by atoms with Crippen molar-refractivity contribution in [2.24, 2.45) is 0 Å². The molecule has 0 fully saturated rings. The Morgan fingerprint density at radius 1 is 1.29 bits per heavy atom. The van der Waals surface area contributed by atoms with Gasteiger partial charge in [0.15, 0.2) is 10.9 Å². The number of ketones is 1. The lowest BCUT2D eigenvalue weighted by molar-refractivity contribution is 0.101. The second-order valence-corrected chi connectivity index (χ2v) is 9.00. The summed E-state index contributed by atoms with van der Waals surface area (Å²) in [6.07, 6.45) is 7.24. The van der Waals surface area contributed by atoms with Gasteiger partial charge in [0.1, 0.15) is 0 Å². The van der Waals surface area contributed by atoms with Crippen LogP contribution in [0, 0.1) is 0 Å². The van der Waals surface area contributed by atoms with Crippen molar-refractivity contribution in [1.29, 1.82) is 0 Å². The third kappa shape index (κ3) is 4.29. The summed E-state index contributed by atoms with van der Waals surface area (Å²) in [6.45, 7) is 3.33. The molecule has 28 heavy (non-hydrogen) atoms. The molecule has 4 nitrogen and oxygen atoms in total. The van der Waals surface area contributed by atoms with Crippen LogP contribution in [-0.4, -0.2) is 28.8 Å². The molecule has 0 unspecified atom stereocenters. The monoisotopic (exact) mass is 427 g/mol. The van der Waals surface area contributed by atoms with E-state index in [1.54, 1.807) is 6.92 Å². The van der Waals surface area contributed by atoms with Crippen LogP contribution in [-0.2, 0) is 0 Å². The lowest BCUT2D eigenvalue weighted by atomic mass is 10.0. The predicted octanol–water partition coefficient (Wildman–Crippen LogP) is 5.98. The number of halogens is 1. The number of hydrogen-bond acceptors (Lipinski definition) is 6. The Bertz CT molecular complexity index is 1050. The minimum Gasteiger partial charge on any atom is -0.364 e. The van der Waals surface area contributed by atoms with Crippen molar-refractivity contribution in [2.45, 2.75) is 23.4 Å². The van der Waals surface area contributed by atoms with Crippen LogP contribution in [0.15, 0.2) is 64.1 Å². The fraction of sp³-hybridized carbons (Fsp3) is 0.190. The van der Waals surface area contributed by atoms with E-state index in [4.69, 9.17) is 16.6 Å². The van der Waals surface area contributed by atoms with Gasteiger partial charge < -0.3 is 4.90 Å². The highest BCUT2D eigenvalue weighted by molar-refractivity contribution is 7.99. The van der Waals surface area contributed by atoms with Crippen LogP contribution in [0.3, 0.4) is 0 Å². The molecule has 0 amide bonds. The summed E-state index contributed by atoms with van der Waals surface area (Å²) in [6, 6.07) is 9.55. The third-order valence-electron chi connectivity index (χ3n) is 4.44. The number of hydrogen-bond donors (Lipinski definition) is 0. The van der Waals surface area contributed by atoms with E-state index in [1.807, 2.05) is 41.9 Å². The van der Waals surface area contributed by atoms with E-state index < -0.39 is 0 Å². The van der Waals surface area contributed by atoms with Gasteiger partial charge in [-0.3, -0.25) is 4.79 Å². The fourth-order valence-corrected chi connectivity index (χ4v) is 4.90. The van der Waals surface area contributed by atoms with Crippen LogP contribution in [0.1, 0.15) is 23.7 Å². The SMILES string of the molecule is CC(=O)c1cccc(-c2nc(Sc3csc(Cl)c3)ncc2N2CC=CCC2)c1. The summed E-state index contributed by atoms with van der Waals surface area (Å²) < 4.78 is 0.744. The molecule has 0 aliphatic carbocycles. The molecule has 0 atom stereocenters. The smallest absolute Gasteiger partial charge is 0.193 e. The number of carbonyl (C=O) groups excluding carboxylic acids is 1. The molecule has 0 N–H and O–H groups in total. The van der Waals surface area contributed by atoms with E-state index in [0.29, 0.717) is 10.7 Å². The number of benzene rings is 1. The van der Waals surface area contributed by atoms with E-state index in [2.05, 4.69) is 22.0 Å². The quantitative estimate of drug-likeness (QED) is 0.285. The lowest BCUT2D eigenvalue weighted by Gasteiger charge is -2.27. The molecule has 0 spiro atoms. The summed E-state index contributed by atoms with van der Waals surface area (Å²) in [5.41, 5.74) is 3.43. The maximum Gasteiger partial charge on any atom is 0.193 e. The van der Waals surface area contributed by atoms with Crippen molar-refractivity contribution in [3.8, 4) is 11.3 Å². The van der Waals surface area contributed by atoms with Crippen molar-refractivity contribution >= 4 is 46.2 Å². The molecule has 142 valence electrons. The van der Waals surface area contributed by atoms with Crippen molar-refractivity contribution in [2.75, 3.05) is 18.0 Å². The van der Waals surface area contributed by atoms with Crippen LogP contribution in [0.5, 0.6) is 0 Å². The summed E-state index contributed by atoms with van der Waals surface area (Å²) >= 11 is 9.03. The molecule has 4 rings (SSSR count). The Hall–Kier alpha value is -2.15. The molecule has 0 saturated carbocycles. The molecule has 0 saturated heterocycles. The average molecular weight is 428 g/mol. The standard InChI is InChI=1S/C21H18ClN3OS2/c1-14(26)15-6-5-7-16(10-15)20-18(25-8-3-2-4-9-25)12-23-21(24-20)28-17-11-19(22)27-13-17/h2-3,5-7,10-13H,4,8-9H2,1H3. The van der Waals surface area contributed by atoms with Gasteiger partial charge in [-0.25, -0.2) is 9.97 Å². The number of carbonyl (C=O) groups is 1. The number of thiophene rings is 1. The first-order valence-corrected chi connectivity index (χ1v) is 11.0. The van der Waals surface area contributed by atoms with Crippen molar-refractivity contribution in [3.63, 3.8) is 0 Å². The molecule has 3 heterocycles. The van der Waals surface area contributed by atoms with Gasteiger partial charge in [-0.15, -0.1) is 11.3 Å². The minimum atomic E-state index is 0.0425. The van der Waals surface area contributed by atoms with E-state index in [0.717, 1.165) is 45.7 Å². The van der Waals surface area contributed by atoms with Gasteiger partial charge in [0.05, 0.1) is 21.9 Å². The number of nitrogens with zero attached hydrogens (tertiary/aromatic N) is 3. The molecule has 7 heteroatoms. The summed E-state index contributed by atoms with van der Waals surface area (Å²) in [7, 11) is 0. The molecule has 1 aliphatic rings. The van der Waals surface area contributed by atoms with E-state index in [9.17, 15) is 4.79 Å². The highest BCUT2D eigenvalue weighted by atomic mass is 35.5. The fourth-order valence-electron chi connectivity index (χ4n) is 3.05. The zero-order chi connectivity index (χ0) is 19.5. The normalized spacial score (nSPS) is 13.7. The number of rotatable bonds is 5. The molecule has 2 aromatic heterocycles. The zero-order valence-electron chi connectivity index (χ0n) is 15.3. The largest absolute Gasteiger partial charge is 0.364 e. The molecule has 1 aliphatic heterocycles. The molecule has 0 bridgehead atoms. The first kappa shape index (κ1) is 19.2. The third-order valence-corrected chi connectivity index (χ3v) is 6.53. The van der Waals surface area contributed by atoms with E-state index in [-0.39, 0.29) is 5.78 Å². The maximum absolute atomic E-state index is 11.9. The van der Waals surface area contributed by atoms with Gasteiger partial charge in [0.2, 0.25) is 0 Å². The molecular formula is C21H18ClN3OS2. The van der Waals surface area contributed by atoms with Crippen molar-refractivity contribution in [3.05, 3.63) is 64.0 Å². The summed E-state index contributed by atoms with van der Waals surface area (Å²) in [4.78, 5) is 24.6. The van der Waals surface area contributed by atoms with Crippen molar-refractivity contribution in [1.82, 2.24) is 9.97 Å². The number of aromatic nitrogens is 2. The second kappa shape index (κ2) is 8.47. The van der Waals surface area contributed by atoms with Crippen LogP contribution in [0.25, 0.3) is 11.3 Å². The Kier molecular flexibility index (Phi) is 5.80. The van der Waals surface area contributed by atoms with E-state index in [1.165, 1.54) is 23.1 Å². The predicted molar refractivity (Wildman–Crippen MR) is 117 cm³/mol. The molecule has 3 aromatic rings. The highest BCUT2D eigenvalue weighted by Gasteiger charge is 2.18. The van der Waals surface area contributed by atoms with Crippen LogP contribution >= 0.6 is 34.7 Å². The first-order valence-electron chi connectivity index (χ1n) is 8.90. The van der Waals surface area contributed by atoms with Gasteiger partial charge in [0, 0.05) is 34.5 Å². The van der Waals surface area contributed by atoms with Crippen LogP contribution in [0.4, 0.5) is 5.69 Å². The van der Waals surface area contributed by atoms with E-state index >= 15 is 0 Å². The Balaban J connectivity index is 1.77. The first-order chi connectivity index (χ1) is 13.6. The van der Waals surface area contributed by atoms with Gasteiger partial charge in [0.25, 0.3) is 0 Å². The Labute approximate surface area is 177 Å². The van der Waals surface area contributed by atoms with Gasteiger partial charge in [-0.05, 0) is 37.2 Å². The highest BCUT2D eigenvalue weighted by Crippen LogP contribution is 2.35. The minimum absolute atomic E-state index is 0.0425. The molecular weight excluding hydrogens is 410 g/mol. The second-order valence-electron chi connectivity index (χ2n) is 6.42. The topological polar surface area (TPSA) is 46.1 Å². The zero-order valence-corrected chi connectivity index (χ0v) is 17.7. The maximum atomic E-state index is 11.9. The molecule has 0 radical (unpaired) electrons. The lowest BCUT2D eigenvalue weighted by Crippen LogP contribution is -2.27. The Morgan fingerprint density at radius 3 is 2.89 bits per heavy atom. The summed E-state index contributed by atoms with van der Waals surface area (Å²) in [5.74, 6) is 0.0425. The Morgan fingerprint density at radius 2 is 2.18 bits per heavy atom. The van der Waals surface area contributed by atoms with Gasteiger partial charge >= 0.3 is 0 Å². The number of anilines is 1. The molecule has 1 aromatic carbocycles. The van der Waals surface area contributed by atoms with Crippen LogP contribution < -0.4 is 4.90 Å². The van der Waals surface area contributed by atoms with Gasteiger partial charge in [-0.1, -0.05) is 42.0 Å². The number of Topliss-reactive ketones (excluding diaryl/α,β-unsaturated/α-hetero) is 1. The summed E-state index contributed by atoms with van der Waals surface area (Å²) in [5, 5.41) is 2.66. The van der Waals surface area contributed by atoms with Crippen LogP contribution in [0.2, 0.25) is 4.34 Å². The van der Waals surface area contributed by atoms with Crippen molar-refractivity contribution < 1.29 is 4.79 Å².